The SMILES string of the molecule is Oc1ccc(-c2cn(-c3cc(Cl)cc(Cl)c3)nn2)cc1. The molecule has 4 nitrogen and oxygen atoms in total. The Balaban J connectivity index is 1.99. The van der Waals surface area contributed by atoms with E-state index in [1.165, 1.54) is 0 Å². The Morgan fingerprint density at radius 2 is 1.60 bits per heavy atom. The highest BCUT2D eigenvalue weighted by atomic mass is 35.5. The van der Waals surface area contributed by atoms with Crippen molar-refractivity contribution in [3.05, 3.63) is 58.7 Å². The zero-order valence-corrected chi connectivity index (χ0v) is 11.7. The van der Waals surface area contributed by atoms with Crippen molar-refractivity contribution in [3.8, 4) is 22.7 Å². The van der Waals surface area contributed by atoms with Crippen LogP contribution in [0.5, 0.6) is 5.75 Å². The Bertz CT molecular complexity index is 733. The van der Waals surface area contributed by atoms with E-state index in [9.17, 15) is 5.11 Å². The third-order valence-electron chi connectivity index (χ3n) is 2.77. The maximum absolute atomic E-state index is 9.28. The van der Waals surface area contributed by atoms with Crippen LogP contribution >= 0.6 is 23.2 Å². The molecule has 0 saturated heterocycles. The van der Waals surface area contributed by atoms with Crippen LogP contribution in [0.3, 0.4) is 0 Å². The predicted molar refractivity (Wildman–Crippen MR) is 78.5 cm³/mol. The first-order valence-corrected chi connectivity index (χ1v) is 6.56. The number of phenols is 1. The largest absolute Gasteiger partial charge is 0.508 e. The van der Waals surface area contributed by atoms with Crippen molar-refractivity contribution in [2.75, 3.05) is 0 Å². The molecule has 0 radical (unpaired) electrons. The summed E-state index contributed by atoms with van der Waals surface area (Å²) in [7, 11) is 0. The van der Waals surface area contributed by atoms with Crippen LogP contribution in [0.15, 0.2) is 48.7 Å². The topological polar surface area (TPSA) is 50.9 Å². The molecule has 1 heterocycles. The fourth-order valence-electron chi connectivity index (χ4n) is 1.83. The molecule has 1 aromatic heterocycles. The predicted octanol–water partition coefficient (Wildman–Crippen LogP) is 3.95. The average molecular weight is 306 g/mol. The number of hydrogen-bond donors (Lipinski definition) is 1. The van der Waals surface area contributed by atoms with Gasteiger partial charge in [0.2, 0.25) is 0 Å². The summed E-state index contributed by atoms with van der Waals surface area (Å²) in [6, 6.07) is 11.9. The second-order valence-corrected chi connectivity index (χ2v) is 5.10. The fourth-order valence-corrected chi connectivity index (χ4v) is 2.34. The van der Waals surface area contributed by atoms with Crippen LogP contribution in [0.25, 0.3) is 16.9 Å². The summed E-state index contributed by atoms with van der Waals surface area (Å²) in [6.45, 7) is 0. The van der Waals surface area contributed by atoms with Crippen LogP contribution in [0.2, 0.25) is 10.0 Å². The first kappa shape index (κ1) is 13.0. The number of phenolic OH excluding ortho intramolecular Hbond substituents is 1. The first-order valence-electron chi connectivity index (χ1n) is 5.80. The van der Waals surface area contributed by atoms with E-state index in [-0.39, 0.29) is 5.75 Å². The molecule has 0 saturated carbocycles. The van der Waals surface area contributed by atoms with E-state index in [2.05, 4.69) is 10.3 Å². The lowest BCUT2D eigenvalue weighted by atomic mass is 10.2. The van der Waals surface area contributed by atoms with Crippen molar-refractivity contribution >= 4 is 23.2 Å². The maximum atomic E-state index is 9.28. The number of aromatic nitrogens is 3. The Morgan fingerprint density at radius 3 is 2.25 bits per heavy atom. The van der Waals surface area contributed by atoms with Crippen molar-refractivity contribution in [3.63, 3.8) is 0 Å². The van der Waals surface area contributed by atoms with Crippen LogP contribution < -0.4 is 0 Å². The van der Waals surface area contributed by atoms with Gasteiger partial charge in [0.25, 0.3) is 0 Å². The maximum Gasteiger partial charge on any atom is 0.115 e. The van der Waals surface area contributed by atoms with Gasteiger partial charge in [-0.1, -0.05) is 28.4 Å². The minimum Gasteiger partial charge on any atom is -0.508 e. The molecule has 0 bridgehead atoms. The van der Waals surface area contributed by atoms with Crippen LogP contribution in [0.1, 0.15) is 0 Å². The lowest BCUT2D eigenvalue weighted by molar-refractivity contribution is 0.475. The Morgan fingerprint density at radius 1 is 0.950 bits per heavy atom. The molecule has 100 valence electrons. The Kier molecular flexibility index (Phi) is 3.34. The molecule has 0 spiro atoms. The molecule has 2 aromatic carbocycles. The van der Waals surface area contributed by atoms with E-state index >= 15 is 0 Å². The number of aromatic hydroxyl groups is 1. The van der Waals surface area contributed by atoms with E-state index < -0.39 is 0 Å². The standard InChI is InChI=1S/C14H9Cl2N3O/c15-10-5-11(16)7-12(6-10)19-8-14(17-18-19)9-1-3-13(20)4-2-9/h1-8,20H. The Hall–Kier alpha value is -2.04. The van der Waals surface area contributed by atoms with Crippen LogP contribution in [0, 0.1) is 0 Å². The highest BCUT2D eigenvalue weighted by molar-refractivity contribution is 6.34. The molecular formula is C14H9Cl2N3O. The minimum atomic E-state index is 0.211. The highest BCUT2D eigenvalue weighted by Crippen LogP contribution is 2.24. The van der Waals surface area contributed by atoms with E-state index in [1.807, 2.05) is 0 Å². The van der Waals surface area contributed by atoms with Gasteiger partial charge in [0, 0.05) is 15.6 Å². The van der Waals surface area contributed by atoms with Crippen LogP contribution in [-0.2, 0) is 0 Å². The summed E-state index contributed by atoms with van der Waals surface area (Å²) in [6.07, 6.45) is 1.77. The number of rotatable bonds is 2. The fraction of sp³-hybridized carbons (Fsp3) is 0. The molecule has 3 rings (SSSR count). The molecule has 6 heteroatoms. The third-order valence-corrected chi connectivity index (χ3v) is 3.20. The molecule has 0 amide bonds. The van der Waals surface area contributed by atoms with E-state index in [4.69, 9.17) is 23.2 Å². The highest BCUT2D eigenvalue weighted by Gasteiger charge is 2.07. The van der Waals surface area contributed by atoms with Gasteiger partial charge in [-0.05, 0) is 42.5 Å². The molecule has 0 fully saturated rings. The molecule has 0 aliphatic heterocycles. The van der Waals surface area contributed by atoms with E-state index in [0.29, 0.717) is 15.7 Å². The van der Waals surface area contributed by atoms with Gasteiger partial charge < -0.3 is 5.11 Å². The van der Waals surface area contributed by atoms with Gasteiger partial charge in [-0.25, -0.2) is 4.68 Å². The zero-order chi connectivity index (χ0) is 14.1. The van der Waals surface area contributed by atoms with Crippen molar-refractivity contribution in [2.45, 2.75) is 0 Å². The van der Waals surface area contributed by atoms with Crippen molar-refractivity contribution in [1.82, 2.24) is 15.0 Å². The molecule has 0 atom stereocenters. The summed E-state index contributed by atoms with van der Waals surface area (Å²) < 4.78 is 1.60. The zero-order valence-electron chi connectivity index (χ0n) is 10.2. The average Bonchev–Trinajstić information content (AvgIpc) is 2.88. The Labute approximate surface area is 125 Å². The summed E-state index contributed by atoms with van der Waals surface area (Å²) in [5.74, 6) is 0.211. The van der Waals surface area contributed by atoms with Crippen molar-refractivity contribution < 1.29 is 5.11 Å². The first-order chi connectivity index (χ1) is 9.61. The smallest absolute Gasteiger partial charge is 0.115 e. The van der Waals surface area contributed by atoms with E-state index in [0.717, 1.165) is 11.3 Å². The number of hydrogen-bond acceptors (Lipinski definition) is 3. The molecule has 3 aromatic rings. The van der Waals surface area contributed by atoms with Gasteiger partial charge in [0.1, 0.15) is 11.4 Å². The molecular weight excluding hydrogens is 297 g/mol. The molecule has 0 aliphatic rings. The lowest BCUT2D eigenvalue weighted by Crippen LogP contribution is -1.94. The van der Waals surface area contributed by atoms with E-state index in [1.54, 1.807) is 53.3 Å². The minimum absolute atomic E-state index is 0.211. The third kappa shape index (κ3) is 2.61. The van der Waals surface area contributed by atoms with Crippen LogP contribution in [-0.4, -0.2) is 20.1 Å². The van der Waals surface area contributed by atoms with Gasteiger partial charge in [-0.3, -0.25) is 0 Å². The summed E-state index contributed by atoms with van der Waals surface area (Å²) in [4.78, 5) is 0. The van der Waals surface area contributed by atoms with Gasteiger partial charge in [-0.15, -0.1) is 5.10 Å². The molecule has 0 unspecified atom stereocenters. The number of benzene rings is 2. The second kappa shape index (κ2) is 5.15. The summed E-state index contributed by atoms with van der Waals surface area (Å²) in [5, 5.41) is 18.5. The lowest BCUT2D eigenvalue weighted by Gasteiger charge is -2.01. The van der Waals surface area contributed by atoms with Gasteiger partial charge in [0.15, 0.2) is 0 Å². The van der Waals surface area contributed by atoms with Gasteiger partial charge in [-0.2, -0.15) is 0 Å². The molecule has 20 heavy (non-hydrogen) atoms. The molecule has 1 N–H and O–H groups in total. The van der Waals surface area contributed by atoms with Crippen LogP contribution in [0.4, 0.5) is 0 Å². The number of nitrogens with zero attached hydrogens (tertiary/aromatic N) is 3. The second-order valence-electron chi connectivity index (χ2n) is 4.22. The number of halogens is 2. The summed E-state index contributed by atoms with van der Waals surface area (Å²) in [5.41, 5.74) is 2.29. The van der Waals surface area contributed by atoms with Crippen molar-refractivity contribution in [2.24, 2.45) is 0 Å². The normalized spacial score (nSPS) is 10.7. The summed E-state index contributed by atoms with van der Waals surface area (Å²) >= 11 is 11.9. The van der Waals surface area contributed by atoms with Gasteiger partial charge >= 0.3 is 0 Å². The monoisotopic (exact) mass is 305 g/mol. The van der Waals surface area contributed by atoms with Crippen molar-refractivity contribution in [1.29, 1.82) is 0 Å². The van der Waals surface area contributed by atoms with Gasteiger partial charge in [0.05, 0.1) is 11.9 Å². The molecule has 0 aliphatic carbocycles. The quantitative estimate of drug-likeness (QED) is 0.780.